The standard InChI is InChI=1S/C25H32ClFN2O4/c1-18-4-2-3-5-22(18)29-12-9-24(31,10-13-29)15-28-11-8-23(30)25(32,16-28)17-33-19-6-7-20(26)21(27)14-19/h2-7,14,23,30-32H,8-13,15-17H2,1H3/t23-,25-/m0/s1. The van der Waals surface area contributed by atoms with Crippen LogP contribution in [0.15, 0.2) is 42.5 Å². The molecule has 2 aromatic rings. The van der Waals surface area contributed by atoms with Crippen molar-refractivity contribution in [1.29, 1.82) is 0 Å². The van der Waals surface area contributed by atoms with Crippen molar-refractivity contribution in [1.82, 2.24) is 4.90 Å². The van der Waals surface area contributed by atoms with Crippen molar-refractivity contribution < 1.29 is 24.4 Å². The molecule has 2 fully saturated rings. The van der Waals surface area contributed by atoms with E-state index in [1.165, 1.54) is 23.4 Å². The van der Waals surface area contributed by atoms with Crippen LogP contribution in [0.3, 0.4) is 0 Å². The Hall–Kier alpha value is -1.90. The quantitative estimate of drug-likeness (QED) is 0.592. The SMILES string of the molecule is Cc1ccccc1N1CCC(O)(CN2CC[C@H](O)[C@@](O)(COc3ccc(Cl)c(F)c3)C2)CC1. The second-order valence-electron chi connectivity index (χ2n) is 9.48. The maximum Gasteiger partial charge on any atom is 0.145 e. The molecule has 180 valence electrons. The van der Waals surface area contributed by atoms with Gasteiger partial charge in [0.05, 0.1) is 16.7 Å². The van der Waals surface area contributed by atoms with Crippen LogP contribution < -0.4 is 9.64 Å². The van der Waals surface area contributed by atoms with Gasteiger partial charge < -0.3 is 25.0 Å². The van der Waals surface area contributed by atoms with E-state index in [1.54, 1.807) is 0 Å². The van der Waals surface area contributed by atoms with Gasteiger partial charge in [0.2, 0.25) is 0 Å². The summed E-state index contributed by atoms with van der Waals surface area (Å²) in [4.78, 5) is 4.29. The number of aliphatic hydroxyl groups excluding tert-OH is 1. The number of benzene rings is 2. The highest BCUT2D eigenvalue weighted by molar-refractivity contribution is 6.30. The van der Waals surface area contributed by atoms with Crippen molar-refractivity contribution in [2.45, 2.75) is 43.5 Å². The van der Waals surface area contributed by atoms with Gasteiger partial charge in [-0.25, -0.2) is 4.39 Å². The molecule has 0 saturated carbocycles. The fourth-order valence-electron chi connectivity index (χ4n) is 4.85. The number of hydrogen-bond acceptors (Lipinski definition) is 6. The van der Waals surface area contributed by atoms with Crippen LogP contribution in [0, 0.1) is 12.7 Å². The number of β-amino-alcohol motifs (C(OH)–C–C–N with tert-alkyl or cyclic N) is 2. The highest BCUT2D eigenvalue weighted by Gasteiger charge is 2.44. The lowest BCUT2D eigenvalue weighted by atomic mass is 9.86. The van der Waals surface area contributed by atoms with Crippen LogP contribution in [0.4, 0.5) is 10.1 Å². The number of ether oxygens (including phenoxy) is 1. The monoisotopic (exact) mass is 478 g/mol. The van der Waals surface area contributed by atoms with Gasteiger partial charge in [-0.2, -0.15) is 0 Å². The van der Waals surface area contributed by atoms with Crippen molar-refractivity contribution in [3.63, 3.8) is 0 Å². The second-order valence-corrected chi connectivity index (χ2v) is 9.89. The van der Waals surface area contributed by atoms with E-state index in [0.717, 1.165) is 19.2 Å². The number of nitrogens with zero attached hydrogens (tertiary/aromatic N) is 2. The van der Waals surface area contributed by atoms with Crippen LogP contribution in [0.1, 0.15) is 24.8 Å². The van der Waals surface area contributed by atoms with Crippen molar-refractivity contribution >= 4 is 17.3 Å². The fourth-order valence-corrected chi connectivity index (χ4v) is 4.97. The summed E-state index contributed by atoms with van der Waals surface area (Å²) in [7, 11) is 0. The van der Waals surface area contributed by atoms with Crippen molar-refractivity contribution in [3.8, 4) is 5.75 Å². The highest BCUT2D eigenvalue weighted by atomic mass is 35.5. The van der Waals surface area contributed by atoms with Crippen LogP contribution >= 0.6 is 11.6 Å². The summed E-state index contributed by atoms with van der Waals surface area (Å²) in [5, 5.41) is 32.8. The van der Waals surface area contributed by atoms with Crippen molar-refractivity contribution in [2.24, 2.45) is 0 Å². The fraction of sp³-hybridized carbons (Fsp3) is 0.520. The van der Waals surface area contributed by atoms with Crippen LogP contribution in [-0.4, -0.2) is 76.9 Å². The van der Waals surface area contributed by atoms with E-state index in [-0.39, 0.29) is 23.9 Å². The van der Waals surface area contributed by atoms with Crippen LogP contribution in [-0.2, 0) is 0 Å². The maximum absolute atomic E-state index is 13.7. The Morgan fingerprint density at radius 2 is 1.85 bits per heavy atom. The molecular weight excluding hydrogens is 447 g/mol. The molecule has 2 aromatic carbocycles. The molecule has 0 aromatic heterocycles. The lowest BCUT2D eigenvalue weighted by Gasteiger charge is -2.47. The summed E-state index contributed by atoms with van der Waals surface area (Å²) >= 11 is 5.70. The Morgan fingerprint density at radius 1 is 1.12 bits per heavy atom. The second kappa shape index (κ2) is 9.76. The zero-order valence-electron chi connectivity index (χ0n) is 18.9. The normalized spacial score (nSPS) is 25.8. The Bertz CT molecular complexity index is 969. The Kier molecular flexibility index (Phi) is 7.17. The van der Waals surface area contributed by atoms with Crippen molar-refractivity contribution in [3.05, 3.63) is 58.9 Å². The number of rotatable bonds is 6. The largest absolute Gasteiger partial charge is 0.490 e. The number of piperidine rings is 2. The number of aryl methyl sites for hydroxylation is 1. The summed E-state index contributed by atoms with van der Waals surface area (Å²) in [5.41, 5.74) is 0.0409. The van der Waals surface area contributed by atoms with Gasteiger partial charge in [0, 0.05) is 44.5 Å². The molecule has 4 rings (SSSR count). The predicted octanol–water partition coefficient (Wildman–Crippen LogP) is 3.00. The minimum absolute atomic E-state index is 0.00773. The third-order valence-corrected chi connectivity index (χ3v) is 7.19. The zero-order chi connectivity index (χ0) is 23.6. The molecule has 0 radical (unpaired) electrons. The van der Waals surface area contributed by atoms with Gasteiger partial charge in [-0.15, -0.1) is 0 Å². The summed E-state index contributed by atoms with van der Waals surface area (Å²) < 4.78 is 19.3. The first-order chi connectivity index (χ1) is 15.7. The number of hydrogen-bond donors (Lipinski definition) is 3. The van der Waals surface area contributed by atoms with E-state index >= 15 is 0 Å². The molecule has 6 nitrogen and oxygen atoms in total. The minimum Gasteiger partial charge on any atom is -0.490 e. The van der Waals surface area contributed by atoms with Gasteiger partial charge in [0.25, 0.3) is 0 Å². The molecule has 2 atom stereocenters. The first kappa shape index (κ1) is 24.2. The first-order valence-corrected chi connectivity index (χ1v) is 11.8. The molecule has 0 bridgehead atoms. The molecule has 0 amide bonds. The first-order valence-electron chi connectivity index (χ1n) is 11.4. The predicted molar refractivity (Wildman–Crippen MR) is 126 cm³/mol. The molecule has 0 unspecified atom stereocenters. The van der Waals surface area contributed by atoms with Gasteiger partial charge >= 0.3 is 0 Å². The molecule has 2 aliphatic heterocycles. The van der Waals surface area contributed by atoms with E-state index in [9.17, 15) is 19.7 Å². The topological polar surface area (TPSA) is 76.4 Å². The van der Waals surface area contributed by atoms with Gasteiger partial charge in [-0.3, -0.25) is 4.90 Å². The molecule has 2 heterocycles. The lowest BCUT2D eigenvalue weighted by molar-refractivity contribution is -0.149. The summed E-state index contributed by atoms with van der Waals surface area (Å²) in [6.45, 7) is 4.57. The Morgan fingerprint density at radius 3 is 2.55 bits per heavy atom. The number of aliphatic hydroxyl groups is 3. The molecule has 8 heteroatoms. The summed E-state index contributed by atoms with van der Waals surface area (Å²) in [6, 6.07) is 12.3. The maximum atomic E-state index is 13.7. The van der Waals surface area contributed by atoms with Crippen LogP contribution in [0.25, 0.3) is 0 Å². The summed E-state index contributed by atoms with van der Waals surface area (Å²) in [5.74, 6) is -0.372. The molecule has 2 saturated heterocycles. The Labute approximate surface area is 199 Å². The number of likely N-dealkylation sites (tertiary alicyclic amines) is 1. The lowest BCUT2D eigenvalue weighted by Crippen LogP contribution is -2.62. The van der Waals surface area contributed by atoms with Gasteiger partial charge in [-0.05, 0) is 49.9 Å². The minimum atomic E-state index is -1.52. The molecule has 33 heavy (non-hydrogen) atoms. The summed E-state index contributed by atoms with van der Waals surface area (Å²) in [6.07, 6.45) is 0.641. The number of halogens is 2. The number of para-hydroxylation sites is 1. The van der Waals surface area contributed by atoms with Crippen LogP contribution in [0.5, 0.6) is 5.75 Å². The van der Waals surface area contributed by atoms with Gasteiger partial charge in [-0.1, -0.05) is 29.8 Å². The van der Waals surface area contributed by atoms with E-state index in [2.05, 4.69) is 24.0 Å². The smallest absolute Gasteiger partial charge is 0.145 e. The average Bonchev–Trinajstić information content (AvgIpc) is 2.78. The molecule has 2 aliphatic rings. The van der Waals surface area contributed by atoms with Crippen molar-refractivity contribution in [2.75, 3.05) is 44.2 Å². The van der Waals surface area contributed by atoms with Gasteiger partial charge in [0.15, 0.2) is 0 Å². The molecular formula is C25H32ClFN2O4. The van der Waals surface area contributed by atoms with E-state index in [4.69, 9.17) is 16.3 Å². The van der Waals surface area contributed by atoms with Gasteiger partial charge in [0.1, 0.15) is 23.8 Å². The molecule has 0 spiro atoms. The van der Waals surface area contributed by atoms with E-state index < -0.39 is 23.1 Å². The van der Waals surface area contributed by atoms with E-state index in [1.807, 2.05) is 17.0 Å². The molecule has 3 N–H and O–H groups in total. The molecule has 0 aliphatic carbocycles. The van der Waals surface area contributed by atoms with E-state index in [0.29, 0.717) is 32.4 Å². The third-order valence-electron chi connectivity index (χ3n) is 6.88. The third kappa shape index (κ3) is 5.61. The average molecular weight is 479 g/mol. The zero-order valence-corrected chi connectivity index (χ0v) is 19.6. The highest BCUT2D eigenvalue weighted by Crippen LogP contribution is 2.31. The Balaban J connectivity index is 1.34. The number of anilines is 1. The van der Waals surface area contributed by atoms with Crippen LogP contribution in [0.2, 0.25) is 5.02 Å².